The van der Waals surface area contributed by atoms with Gasteiger partial charge in [0, 0.05) is 24.4 Å². The Morgan fingerprint density at radius 1 is 1.21 bits per heavy atom. The van der Waals surface area contributed by atoms with Crippen molar-refractivity contribution in [3.63, 3.8) is 0 Å². The molecular formula is C20H26N2O2. The highest BCUT2D eigenvalue weighted by atomic mass is 16.5. The average molecular weight is 326 g/mol. The van der Waals surface area contributed by atoms with E-state index in [9.17, 15) is 4.79 Å². The van der Waals surface area contributed by atoms with Gasteiger partial charge in [0.1, 0.15) is 12.4 Å². The van der Waals surface area contributed by atoms with Gasteiger partial charge in [-0.25, -0.2) is 0 Å². The van der Waals surface area contributed by atoms with Crippen molar-refractivity contribution in [1.29, 1.82) is 0 Å². The van der Waals surface area contributed by atoms with Gasteiger partial charge < -0.3 is 10.1 Å². The number of carbonyl (C=O) groups is 1. The van der Waals surface area contributed by atoms with Crippen LogP contribution in [-0.2, 0) is 11.4 Å². The molecule has 1 aromatic carbocycles. The maximum absolute atomic E-state index is 12.0. The van der Waals surface area contributed by atoms with Gasteiger partial charge in [-0.2, -0.15) is 0 Å². The summed E-state index contributed by atoms with van der Waals surface area (Å²) in [5.41, 5.74) is 2.09. The quantitative estimate of drug-likeness (QED) is 0.862. The highest BCUT2D eigenvalue weighted by Gasteiger charge is 2.17. The normalized spacial score (nSPS) is 12.5. The Balaban J connectivity index is 1.88. The molecule has 0 bridgehead atoms. The van der Waals surface area contributed by atoms with Crippen LogP contribution in [-0.4, -0.2) is 10.9 Å². The van der Waals surface area contributed by atoms with E-state index < -0.39 is 0 Å². The third-order valence-corrected chi connectivity index (χ3v) is 3.58. The van der Waals surface area contributed by atoms with Crippen molar-refractivity contribution in [2.75, 3.05) is 0 Å². The first kappa shape index (κ1) is 18.0. The lowest BCUT2D eigenvalue weighted by Gasteiger charge is -2.20. The summed E-state index contributed by atoms with van der Waals surface area (Å²) in [6.07, 6.45) is 4.05. The van der Waals surface area contributed by atoms with Crippen LogP contribution in [0.3, 0.4) is 0 Å². The van der Waals surface area contributed by atoms with E-state index >= 15 is 0 Å². The summed E-state index contributed by atoms with van der Waals surface area (Å²) in [6, 6.07) is 11.7. The molecule has 0 aliphatic heterocycles. The fourth-order valence-electron chi connectivity index (χ4n) is 2.36. The summed E-state index contributed by atoms with van der Waals surface area (Å²) in [5, 5.41) is 3.04. The summed E-state index contributed by atoms with van der Waals surface area (Å²) in [6.45, 7) is 8.67. The molecule has 0 radical (unpaired) electrons. The Morgan fingerprint density at radius 2 is 1.92 bits per heavy atom. The SMILES string of the molecule is C[C@@H](NC(=O)CC(C)(C)C)c1ccc(OCc2cccnc2)cc1. The molecule has 0 saturated carbocycles. The molecule has 4 heteroatoms. The number of nitrogens with one attached hydrogen (secondary N) is 1. The van der Waals surface area contributed by atoms with Crippen molar-refractivity contribution in [3.05, 3.63) is 59.9 Å². The zero-order valence-corrected chi connectivity index (χ0v) is 14.9. The van der Waals surface area contributed by atoms with Gasteiger partial charge in [-0.3, -0.25) is 9.78 Å². The molecule has 0 aliphatic rings. The number of rotatable bonds is 6. The molecule has 0 aliphatic carbocycles. The molecule has 0 spiro atoms. The maximum atomic E-state index is 12.0. The number of pyridine rings is 1. The maximum Gasteiger partial charge on any atom is 0.220 e. The van der Waals surface area contributed by atoms with Crippen LogP contribution in [0.5, 0.6) is 5.75 Å². The second kappa shape index (κ2) is 7.95. The molecular weight excluding hydrogens is 300 g/mol. The van der Waals surface area contributed by atoms with Crippen LogP contribution in [0, 0.1) is 5.41 Å². The number of aromatic nitrogens is 1. The number of ether oxygens (including phenoxy) is 1. The standard InChI is InChI=1S/C20H26N2O2/c1-15(22-19(23)12-20(2,3)4)17-7-9-18(10-8-17)24-14-16-6-5-11-21-13-16/h5-11,13,15H,12,14H2,1-4H3,(H,22,23)/t15-/m1/s1. The lowest BCUT2D eigenvalue weighted by molar-refractivity contribution is -0.123. The van der Waals surface area contributed by atoms with Crippen LogP contribution in [0.1, 0.15) is 51.3 Å². The predicted molar refractivity (Wildman–Crippen MR) is 95.6 cm³/mol. The lowest BCUT2D eigenvalue weighted by atomic mass is 9.91. The molecule has 1 amide bonds. The Bertz CT molecular complexity index is 646. The van der Waals surface area contributed by atoms with Gasteiger partial charge >= 0.3 is 0 Å². The molecule has 1 aromatic heterocycles. The van der Waals surface area contributed by atoms with Gasteiger partial charge in [0.2, 0.25) is 5.91 Å². The Kier molecular flexibility index (Phi) is 5.96. The lowest BCUT2D eigenvalue weighted by Crippen LogP contribution is -2.29. The van der Waals surface area contributed by atoms with Gasteiger partial charge in [0.15, 0.2) is 0 Å². The molecule has 2 aromatic rings. The van der Waals surface area contributed by atoms with E-state index in [0.29, 0.717) is 13.0 Å². The summed E-state index contributed by atoms with van der Waals surface area (Å²) >= 11 is 0. The monoisotopic (exact) mass is 326 g/mol. The topological polar surface area (TPSA) is 51.2 Å². The zero-order valence-electron chi connectivity index (χ0n) is 14.9. The minimum Gasteiger partial charge on any atom is -0.489 e. The van der Waals surface area contributed by atoms with Crippen molar-refractivity contribution in [3.8, 4) is 5.75 Å². The van der Waals surface area contributed by atoms with Crippen LogP contribution in [0.2, 0.25) is 0 Å². The van der Waals surface area contributed by atoms with E-state index in [0.717, 1.165) is 16.9 Å². The highest BCUT2D eigenvalue weighted by molar-refractivity contribution is 5.77. The number of hydrogen-bond acceptors (Lipinski definition) is 3. The molecule has 1 heterocycles. The molecule has 2 rings (SSSR count). The van der Waals surface area contributed by atoms with Crippen LogP contribution in [0.15, 0.2) is 48.8 Å². The van der Waals surface area contributed by atoms with Crippen molar-refractivity contribution < 1.29 is 9.53 Å². The fraction of sp³-hybridized carbons (Fsp3) is 0.400. The molecule has 1 N–H and O–H groups in total. The molecule has 1 atom stereocenters. The van der Waals surface area contributed by atoms with Crippen molar-refractivity contribution in [2.45, 2.75) is 46.8 Å². The number of hydrogen-bond donors (Lipinski definition) is 1. The van der Waals surface area contributed by atoms with E-state index in [4.69, 9.17) is 4.74 Å². The van der Waals surface area contributed by atoms with Crippen LogP contribution in [0.25, 0.3) is 0 Å². The number of benzene rings is 1. The van der Waals surface area contributed by atoms with E-state index in [1.165, 1.54) is 0 Å². The van der Waals surface area contributed by atoms with Crippen molar-refractivity contribution in [1.82, 2.24) is 10.3 Å². The number of nitrogens with zero attached hydrogens (tertiary/aromatic N) is 1. The molecule has 4 nitrogen and oxygen atoms in total. The molecule has 0 unspecified atom stereocenters. The predicted octanol–water partition coefficient (Wildman–Crippen LogP) is 4.27. The van der Waals surface area contributed by atoms with Crippen LogP contribution < -0.4 is 10.1 Å². The zero-order chi connectivity index (χ0) is 17.6. The van der Waals surface area contributed by atoms with Gasteiger partial charge in [-0.15, -0.1) is 0 Å². The minimum absolute atomic E-state index is 0.00615. The number of carbonyl (C=O) groups excluding carboxylic acids is 1. The second-order valence-electron chi connectivity index (χ2n) is 7.25. The van der Waals surface area contributed by atoms with Gasteiger partial charge in [0.25, 0.3) is 0 Å². The van der Waals surface area contributed by atoms with Crippen LogP contribution >= 0.6 is 0 Å². The largest absolute Gasteiger partial charge is 0.489 e. The van der Waals surface area contributed by atoms with Gasteiger partial charge in [-0.1, -0.05) is 39.0 Å². The van der Waals surface area contributed by atoms with E-state index in [-0.39, 0.29) is 17.4 Å². The fourth-order valence-corrected chi connectivity index (χ4v) is 2.36. The van der Waals surface area contributed by atoms with Crippen molar-refractivity contribution >= 4 is 5.91 Å². The number of amides is 1. The first-order valence-corrected chi connectivity index (χ1v) is 8.24. The van der Waals surface area contributed by atoms with E-state index in [1.54, 1.807) is 12.4 Å². The van der Waals surface area contributed by atoms with E-state index in [1.807, 2.05) is 43.3 Å². The van der Waals surface area contributed by atoms with E-state index in [2.05, 4.69) is 31.1 Å². The molecule has 0 saturated heterocycles. The third kappa shape index (κ3) is 6.03. The first-order chi connectivity index (χ1) is 11.3. The molecule has 24 heavy (non-hydrogen) atoms. The van der Waals surface area contributed by atoms with Crippen LogP contribution in [0.4, 0.5) is 0 Å². The van der Waals surface area contributed by atoms with Crippen molar-refractivity contribution in [2.24, 2.45) is 5.41 Å². The van der Waals surface area contributed by atoms with Gasteiger partial charge in [0.05, 0.1) is 6.04 Å². The average Bonchev–Trinajstić information content (AvgIpc) is 2.52. The smallest absolute Gasteiger partial charge is 0.220 e. The van der Waals surface area contributed by atoms with Gasteiger partial charge in [-0.05, 0) is 36.1 Å². The second-order valence-corrected chi connectivity index (χ2v) is 7.25. The highest BCUT2D eigenvalue weighted by Crippen LogP contribution is 2.21. The Hall–Kier alpha value is -2.36. The molecule has 0 fully saturated rings. The summed E-state index contributed by atoms with van der Waals surface area (Å²) in [5.74, 6) is 0.878. The summed E-state index contributed by atoms with van der Waals surface area (Å²) < 4.78 is 5.75. The minimum atomic E-state index is -0.0211. The molecule has 128 valence electrons. The Morgan fingerprint density at radius 3 is 2.50 bits per heavy atom. The summed E-state index contributed by atoms with van der Waals surface area (Å²) in [7, 11) is 0. The third-order valence-electron chi connectivity index (χ3n) is 3.58. The Labute approximate surface area is 144 Å². The summed E-state index contributed by atoms with van der Waals surface area (Å²) in [4.78, 5) is 16.1. The first-order valence-electron chi connectivity index (χ1n) is 8.24.